The lowest BCUT2D eigenvalue weighted by molar-refractivity contribution is 0.0930. The Balaban J connectivity index is 1.85. The summed E-state index contributed by atoms with van der Waals surface area (Å²) in [4.78, 5) is 15.4. The molecule has 0 radical (unpaired) electrons. The number of carbonyl (C=O) groups excluding carboxylic acids is 1. The van der Waals surface area contributed by atoms with Gasteiger partial charge < -0.3 is 10.4 Å². The Morgan fingerprint density at radius 1 is 1.30 bits per heavy atom. The first-order chi connectivity index (χ1) is 13.0. The standard InChI is InChI=1S/C21H30N4O2/c1-4-15(2)24-11-10-19-18(14-24)20(23-25(19)12-13-26)21(27)22-16(3)17-8-6-5-7-9-17/h5-9,15-16,26H,4,10-14H2,1-3H3,(H,22,27). The van der Waals surface area contributed by atoms with Crippen molar-refractivity contribution in [3.8, 4) is 0 Å². The highest BCUT2D eigenvalue weighted by molar-refractivity contribution is 5.94. The van der Waals surface area contributed by atoms with E-state index in [0.717, 1.165) is 42.8 Å². The summed E-state index contributed by atoms with van der Waals surface area (Å²) in [5.41, 5.74) is 3.65. The van der Waals surface area contributed by atoms with Crippen molar-refractivity contribution in [3.05, 3.63) is 52.8 Å². The van der Waals surface area contributed by atoms with Crippen LogP contribution in [0.5, 0.6) is 0 Å². The highest BCUT2D eigenvalue weighted by atomic mass is 16.3. The average molecular weight is 370 g/mol. The van der Waals surface area contributed by atoms with Gasteiger partial charge in [0.2, 0.25) is 0 Å². The van der Waals surface area contributed by atoms with Crippen LogP contribution in [0.4, 0.5) is 0 Å². The summed E-state index contributed by atoms with van der Waals surface area (Å²) in [5, 5.41) is 17.0. The molecular weight excluding hydrogens is 340 g/mol. The van der Waals surface area contributed by atoms with Gasteiger partial charge in [-0.3, -0.25) is 14.4 Å². The molecule has 1 aliphatic rings. The minimum Gasteiger partial charge on any atom is -0.394 e. The molecule has 0 saturated carbocycles. The molecule has 0 saturated heterocycles. The Morgan fingerprint density at radius 2 is 2.04 bits per heavy atom. The number of carbonyl (C=O) groups is 1. The van der Waals surface area contributed by atoms with Crippen molar-refractivity contribution in [2.24, 2.45) is 0 Å². The summed E-state index contributed by atoms with van der Waals surface area (Å²) in [6.45, 7) is 8.53. The summed E-state index contributed by atoms with van der Waals surface area (Å²) >= 11 is 0. The fraction of sp³-hybridized carbons (Fsp3) is 0.524. The van der Waals surface area contributed by atoms with Crippen LogP contribution in [0.25, 0.3) is 0 Å². The summed E-state index contributed by atoms with van der Waals surface area (Å²) in [7, 11) is 0. The van der Waals surface area contributed by atoms with Crippen LogP contribution in [-0.2, 0) is 19.5 Å². The normalized spacial score (nSPS) is 16.6. The monoisotopic (exact) mass is 370 g/mol. The maximum Gasteiger partial charge on any atom is 0.272 e. The molecule has 146 valence electrons. The molecular formula is C21H30N4O2. The van der Waals surface area contributed by atoms with Crippen LogP contribution in [0, 0.1) is 0 Å². The van der Waals surface area contributed by atoms with Gasteiger partial charge in [0.05, 0.1) is 19.2 Å². The second kappa shape index (κ2) is 8.67. The number of benzene rings is 1. The average Bonchev–Trinajstić information content (AvgIpc) is 3.06. The van der Waals surface area contributed by atoms with Crippen LogP contribution in [-0.4, -0.2) is 44.9 Å². The predicted molar refractivity (Wildman–Crippen MR) is 106 cm³/mol. The Bertz CT molecular complexity index is 772. The number of hydrogen-bond donors (Lipinski definition) is 2. The van der Waals surface area contributed by atoms with E-state index >= 15 is 0 Å². The molecule has 2 unspecified atom stereocenters. The Morgan fingerprint density at radius 3 is 2.70 bits per heavy atom. The first-order valence-electron chi connectivity index (χ1n) is 9.84. The van der Waals surface area contributed by atoms with Gasteiger partial charge in [0.15, 0.2) is 5.69 Å². The third-order valence-corrected chi connectivity index (χ3v) is 5.55. The van der Waals surface area contributed by atoms with E-state index in [9.17, 15) is 9.90 Å². The molecule has 2 aromatic rings. The van der Waals surface area contributed by atoms with Crippen LogP contribution in [0.2, 0.25) is 0 Å². The van der Waals surface area contributed by atoms with E-state index in [1.807, 2.05) is 41.9 Å². The molecule has 0 bridgehead atoms. The zero-order valence-corrected chi connectivity index (χ0v) is 16.5. The van der Waals surface area contributed by atoms with Gasteiger partial charge in [-0.1, -0.05) is 37.3 Å². The smallest absolute Gasteiger partial charge is 0.272 e. The van der Waals surface area contributed by atoms with E-state index in [4.69, 9.17) is 0 Å². The molecule has 1 aliphatic heterocycles. The number of fused-ring (bicyclic) bond motifs is 1. The zero-order valence-electron chi connectivity index (χ0n) is 16.5. The lowest BCUT2D eigenvalue weighted by Crippen LogP contribution is -2.38. The molecule has 1 amide bonds. The summed E-state index contributed by atoms with van der Waals surface area (Å²) < 4.78 is 1.81. The van der Waals surface area contributed by atoms with Gasteiger partial charge in [-0.25, -0.2) is 0 Å². The molecule has 2 N–H and O–H groups in total. The van der Waals surface area contributed by atoms with E-state index in [0.29, 0.717) is 18.3 Å². The van der Waals surface area contributed by atoms with Crippen molar-refractivity contribution in [2.75, 3.05) is 13.2 Å². The second-order valence-electron chi connectivity index (χ2n) is 7.30. The lowest BCUT2D eigenvalue weighted by atomic mass is 10.0. The number of amides is 1. The molecule has 2 atom stereocenters. The van der Waals surface area contributed by atoms with E-state index in [2.05, 4.69) is 29.2 Å². The number of aliphatic hydroxyl groups is 1. The van der Waals surface area contributed by atoms with Crippen LogP contribution in [0.3, 0.4) is 0 Å². The second-order valence-corrected chi connectivity index (χ2v) is 7.30. The fourth-order valence-electron chi connectivity index (χ4n) is 3.70. The molecule has 1 aromatic heterocycles. The molecule has 1 aromatic carbocycles. The molecule has 3 rings (SSSR count). The Hall–Kier alpha value is -2.18. The molecule has 6 heteroatoms. The molecule has 2 heterocycles. The van der Waals surface area contributed by atoms with Crippen LogP contribution in [0.1, 0.15) is 60.5 Å². The SMILES string of the molecule is CCC(C)N1CCc2c(c(C(=O)NC(C)c3ccccc3)nn2CCO)C1. The van der Waals surface area contributed by atoms with E-state index in [-0.39, 0.29) is 18.6 Å². The molecule has 0 fully saturated rings. The maximum atomic E-state index is 13.0. The third kappa shape index (κ3) is 4.22. The topological polar surface area (TPSA) is 70.4 Å². The third-order valence-electron chi connectivity index (χ3n) is 5.55. The van der Waals surface area contributed by atoms with Gasteiger partial charge in [0, 0.05) is 36.8 Å². The van der Waals surface area contributed by atoms with Crippen LogP contribution >= 0.6 is 0 Å². The largest absolute Gasteiger partial charge is 0.394 e. The van der Waals surface area contributed by atoms with E-state index < -0.39 is 0 Å². The number of aliphatic hydroxyl groups excluding tert-OH is 1. The number of aromatic nitrogens is 2. The highest BCUT2D eigenvalue weighted by Crippen LogP contribution is 2.25. The van der Waals surface area contributed by atoms with Crippen molar-refractivity contribution in [1.29, 1.82) is 0 Å². The fourth-order valence-corrected chi connectivity index (χ4v) is 3.70. The summed E-state index contributed by atoms with van der Waals surface area (Å²) in [6, 6.07) is 10.3. The summed E-state index contributed by atoms with van der Waals surface area (Å²) in [6.07, 6.45) is 1.93. The number of nitrogens with zero attached hydrogens (tertiary/aromatic N) is 3. The van der Waals surface area contributed by atoms with Crippen LogP contribution < -0.4 is 5.32 Å². The molecule has 6 nitrogen and oxygen atoms in total. The molecule has 0 aliphatic carbocycles. The van der Waals surface area contributed by atoms with Crippen molar-refractivity contribution < 1.29 is 9.90 Å². The number of rotatable bonds is 7. The van der Waals surface area contributed by atoms with E-state index in [1.54, 1.807) is 0 Å². The van der Waals surface area contributed by atoms with Gasteiger partial charge in [0.1, 0.15) is 0 Å². The predicted octanol–water partition coefficient (Wildman–Crippen LogP) is 2.52. The van der Waals surface area contributed by atoms with E-state index in [1.165, 1.54) is 0 Å². The Kier molecular flexibility index (Phi) is 6.29. The van der Waals surface area contributed by atoms with Gasteiger partial charge >= 0.3 is 0 Å². The highest BCUT2D eigenvalue weighted by Gasteiger charge is 2.29. The summed E-state index contributed by atoms with van der Waals surface area (Å²) in [5.74, 6) is -0.148. The van der Waals surface area contributed by atoms with Crippen molar-refractivity contribution >= 4 is 5.91 Å². The Labute approximate surface area is 161 Å². The quantitative estimate of drug-likeness (QED) is 0.786. The zero-order chi connectivity index (χ0) is 19.4. The number of nitrogens with one attached hydrogen (secondary N) is 1. The van der Waals surface area contributed by atoms with Crippen molar-refractivity contribution in [3.63, 3.8) is 0 Å². The first-order valence-corrected chi connectivity index (χ1v) is 9.84. The van der Waals surface area contributed by atoms with Crippen LogP contribution in [0.15, 0.2) is 30.3 Å². The lowest BCUT2D eigenvalue weighted by Gasteiger charge is -2.32. The van der Waals surface area contributed by atoms with Gasteiger partial charge in [-0.2, -0.15) is 5.10 Å². The molecule has 27 heavy (non-hydrogen) atoms. The van der Waals surface area contributed by atoms with Gasteiger partial charge in [-0.15, -0.1) is 0 Å². The number of hydrogen-bond acceptors (Lipinski definition) is 4. The van der Waals surface area contributed by atoms with Crippen molar-refractivity contribution in [1.82, 2.24) is 20.0 Å². The molecule has 0 spiro atoms. The van der Waals surface area contributed by atoms with Gasteiger partial charge in [-0.05, 0) is 25.8 Å². The van der Waals surface area contributed by atoms with Crippen molar-refractivity contribution in [2.45, 2.75) is 58.8 Å². The minimum absolute atomic E-state index is 0.0185. The minimum atomic E-state index is -0.148. The first kappa shape index (κ1) is 19.6. The van der Waals surface area contributed by atoms with Gasteiger partial charge in [0.25, 0.3) is 5.91 Å². The maximum absolute atomic E-state index is 13.0.